The molecule has 0 spiro atoms. The van der Waals surface area contributed by atoms with E-state index in [4.69, 9.17) is 9.47 Å². The molecule has 4 aromatic rings. The molecule has 4 rings (SSSR count). The molecule has 0 saturated heterocycles. The molecule has 0 saturated carbocycles. The average Bonchev–Trinajstić information content (AvgIpc) is 2.76. The van der Waals surface area contributed by atoms with E-state index in [1.54, 1.807) is 19.2 Å². The summed E-state index contributed by atoms with van der Waals surface area (Å²) >= 11 is 0. The molecule has 29 heavy (non-hydrogen) atoms. The molecule has 0 N–H and O–H groups in total. The summed E-state index contributed by atoms with van der Waals surface area (Å²) < 4.78 is 24.9. The molecular weight excluding hydrogens is 367 g/mol. The Hall–Kier alpha value is -3.73. The van der Waals surface area contributed by atoms with Gasteiger partial charge in [0.2, 0.25) is 5.88 Å². The molecule has 0 aliphatic rings. The van der Waals surface area contributed by atoms with Crippen molar-refractivity contribution >= 4 is 16.8 Å². The van der Waals surface area contributed by atoms with Crippen LogP contribution < -0.4 is 9.47 Å². The Balaban J connectivity index is 1.78. The van der Waals surface area contributed by atoms with E-state index in [-0.39, 0.29) is 5.82 Å². The van der Waals surface area contributed by atoms with E-state index in [1.165, 1.54) is 12.1 Å². The highest BCUT2D eigenvalue weighted by Gasteiger charge is 2.14. The fraction of sp³-hybridized carbons (Fsp3) is 0.0833. The largest absolute Gasteiger partial charge is 0.493 e. The highest BCUT2D eigenvalue weighted by molar-refractivity contribution is 5.97. The molecule has 1 heterocycles. The van der Waals surface area contributed by atoms with Crippen LogP contribution in [-0.2, 0) is 0 Å². The zero-order valence-electron chi connectivity index (χ0n) is 16.1. The van der Waals surface area contributed by atoms with Crippen molar-refractivity contribution in [2.45, 2.75) is 6.92 Å². The molecule has 0 atom stereocenters. The predicted molar refractivity (Wildman–Crippen MR) is 113 cm³/mol. The van der Waals surface area contributed by atoms with Crippen molar-refractivity contribution in [3.63, 3.8) is 0 Å². The smallest absolute Gasteiger partial charge is 0.246 e. The summed E-state index contributed by atoms with van der Waals surface area (Å²) in [6.45, 7) is 1.96. The Morgan fingerprint density at radius 1 is 0.862 bits per heavy atom. The van der Waals surface area contributed by atoms with E-state index in [1.807, 2.05) is 61.5 Å². The Morgan fingerprint density at radius 3 is 2.34 bits per heavy atom. The number of halogens is 1. The lowest BCUT2D eigenvalue weighted by Gasteiger charge is -2.13. The van der Waals surface area contributed by atoms with Crippen molar-refractivity contribution in [2.24, 2.45) is 0 Å². The molecule has 0 amide bonds. The summed E-state index contributed by atoms with van der Waals surface area (Å²) in [6, 6.07) is 19.6. The third-order valence-corrected chi connectivity index (χ3v) is 4.52. The standard InChI is InChI=1S/C24H19FN2O2/c1-3-6-16-9-14-21(22(15-16)28-2)29-24-20-8-5-4-7-19(20)23(26-27-24)17-10-12-18(25)13-11-17/h3-15H,1-2H3. The van der Waals surface area contributed by atoms with Gasteiger partial charge in [-0.25, -0.2) is 4.39 Å². The zero-order chi connectivity index (χ0) is 20.2. The maximum absolute atomic E-state index is 13.3. The summed E-state index contributed by atoms with van der Waals surface area (Å²) in [4.78, 5) is 0. The number of hydrogen-bond acceptors (Lipinski definition) is 4. The number of fused-ring (bicyclic) bond motifs is 1. The van der Waals surface area contributed by atoms with Gasteiger partial charge in [0.1, 0.15) is 11.5 Å². The summed E-state index contributed by atoms with van der Waals surface area (Å²) in [6.07, 6.45) is 3.95. The predicted octanol–water partition coefficient (Wildman–Crippen LogP) is 6.27. The molecule has 3 aromatic carbocycles. The van der Waals surface area contributed by atoms with E-state index >= 15 is 0 Å². The van der Waals surface area contributed by atoms with Gasteiger partial charge in [-0.15, -0.1) is 10.2 Å². The van der Waals surface area contributed by atoms with Crippen LogP contribution in [0.5, 0.6) is 17.4 Å². The van der Waals surface area contributed by atoms with Gasteiger partial charge in [-0.3, -0.25) is 0 Å². The second-order valence-electron chi connectivity index (χ2n) is 6.42. The molecule has 1 aromatic heterocycles. The SMILES string of the molecule is CC=Cc1ccc(Oc2nnc(-c3ccc(F)cc3)c3ccccc23)c(OC)c1. The molecule has 0 bridgehead atoms. The van der Waals surface area contributed by atoms with Crippen molar-refractivity contribution in [1.82, 2.24) is 10.2 Å². The maximum atomic E-state index is 13.3. The summed E-state index contributed by atoms with van der Waals surface area (Å²) in [7, 11) is 1.60. The van der Waals surface area contributed by atoms with Crippen molar-refractivity contribution in [1.29, 1.82) is 0 Å². The van der Waals surface area contributed by atoms with Crippen LogP contribution in [0.4, 0.5) is 4.39 Å². The van der Waals surface area contributed by atoms with Crippen LogP contribution in [0.15, 0.2) is 72.8 Å². The van der Waals surface area contributed by atoms with E-state index in [0.29, 0.717) is 23.1 Å². The first-order valence-electron chi connectivity index (χ1n) is 9.19. The summed E-state index contributed by atoms with van der Waals surface area (Å²) in [5.41, 5.74) is 2.47. The van der Waals surface area contributed by atoms with Gasteiger partial charge in [0.25, 0.3) is 0 Å². The molecule has 5 heteroatoms. The van der Waals surface area contributed by atoms with Crippen molar-refractivity contribution in [3.8, 4) is 28.6 Å². The van der Waals surface area contributed by atoms with Gasteiger partial charge >= 0.3 is 0 Å². The Morgan fingerprint density at radius 2 is 1.62 bits per heavy atom. The summed E-state index contributed by atoms with van der Waals surface area (Å²) in [5.74, 6) is 1.24. The van der Waals surface area contributed by atoms with Crippen LogP contribution in [0.2, 0.25) is 0 Å². The number of hydrogen-bond donors (Lipinski definition) is 0. The van der Waals surface area contributed by atoms with Gasteiger partial charge < -0.3 is 9.47 Å². The molecule has 0 fully saturated rings. The zero-order valence-corrected chi connectivity index (χ0v) is 16.1. The normalized spacial score (nSPS) is 11.1. The van der Waals surface area contributed by atoms with Gasteiger partial charge in [-0.1, -0.05) is 36.4 Å². The first kappa shape index (κ1) is 18.6. The topological polar surface area (TPSA) is 44.2 Å². The van der Waals surface area contributed by atoms with Crippen molar-refractivity contribution in [2.75, 3.05) is 7.11 Å². The minimum absolute atomic E-state index is 0.292. The molecular formula is C24H19FN2O2. The molecule has 0 aliphatic carbocycles. The second-order valence-corrected chi connectivity index (χ2v) is 6.42. The number of benzene rings is 3. The number of methoxy groups -OCH3 is 1. The van der Waals surface area contributed by atoms with Gasteiger partial charge in [0, 0.05) is 16.3 Å². The average molecular weight is 386 g/mol. The monoisotopic (exact) mass is 386 g/mol. The Labute approximate surface area is 168 Å². The second kappa shape index (κ2) is 8.10. The van der Waals surface area contributed by atoms with E-state index in [2.05, 4.69) is 10.2 Å². The fourth-order valence-electron chi connectivity index (χ4n) is 3.14. The van der Waals surface area contributed by atoms with Gasteiger partial charge in [0.05, 0.1) is 7.11 Å². The van der Waals surface area contributed by atoms with Gasteiger partial charge in [0.15, 0.2) is 11.5 Å². The number of rotatable bonds is 5. The van der Waals surface area contributed by atoms with Crippen LogP contribution in [0, 0.1) is 5.82 Å². The number of allylic oxidation sites excluding steroid dienone is 1. The van der Waals surface area contributed by atoms with Crippen molar-refractivity contribution in [3.05, 3.63) is 84.2 Å². The fourth-order valence-corrected chi connectivity index (χ4v) is 3.14. The number of nitrogens with zero attached hydrogens (tertiary/aromatic N) is 2. The molecule has 0 radical (unpaired) electrons. The Bertz CT molecular complexity index is 1190. The first-order chi connectivity index (χ1) is 14.2. The molecule has 144 valence electrons. The van der Waals surface area contributed by atoms with Gasteiger partial charge in [-0.2, -0.15) is 0 Å². The molecule has 0 unspecified atom stereocenters. The lowest BCUT2D eigenvalue weighted by molar-refractivity contribution is 0.374. The Kier molecular flexibility index (Phi) is 5.20. The van der Waals surface area contributed by atoms with E-state index in [0.717, 1.165) is 21.9 Å². The first-order valence-corrected chi connectivity index (χ1v) is 9.19. The molecule has 0 aliphatic heterocycles. The molecule has 4 nitrogen and oxygen atoms in total. The van der Waals surface area contributed by atoms with Crippen LogP contribution in [0.1, 0.15) is 12.5 Å². The third kappa shape index (κ3) is 3.80. The van der Waals surface area contributed by atoms with Gasteiger partial charge in [-0.05, 0) is 55.0 Å². The summed E-state index contributed by atoms with van der Waals surface area (Å²) in [5, 5.41) is 10.3. The van der Waals surface area contributed by atoms with Crippen molar-refractivity contribution < 1.29 is 13.9 Å². The minimum atomic E-state index is -0.292. The number of aromatic nitrogens is 2. The maximum Gasteiger partial charge on any atom is 0.246 e. The van der Waals surface area contributed by atoms with Crippen LogP contribution in [0.25, 0.3) is 28.1 Å². The minimum Gasteiger partial charge on any atom is -0.493 e. The quantitative estimate of drug-likeness (QED) is 0.405. The van der Waals surface area contributed by atoms with E-state index in [9.17, 15) is 4.39 Å². The third-order valence-electron chi connectivity index (χ3n) is 4.52. The number of ether oxygens (including phenoxy) is 2. The lowest BCUT2D eigenvalue weighted by atomic mass is 10.0. The highest BCUT2D eigenvalue weighted by atomic mass is 19.1. The van der Waals surface area contributed by atoms with Crippen LogP contribution in [0.3, 0.4) is 0 Å². The van der Waals surface area contributed by atoms with Crippen LogP contribution in [-0.4, -0.2) is 17.3 Å². The van der Waals surface area contributed by atoms with Crippen LogP contribution >= 0.6 is 0 Å². The lowest BCUT2D eigenvalue weighted by Crippen LogP contribution is -1.97. The van der Waals surface area contributed by atoms with E-state index < -0.39 is 0 Å². The highest BCUT2D eigenvalue weighted by Crippen LogP contribution is 2.36.